The van der Waals surface area contributed by atoms with Gasteiger partial charge in [0.2, 0.25) is 0 Å². The summed E-state index contributed by atoms with van der Waals surface area (Å²) in [7, 11) is 0. The highest BCUT2D eigenvalue weighted by atomic mass is 32.2. The highest BCUT2D eigenvalue weighted by molar-refractivity contribution is 8.07. The maximum absolute atomic E-state index is 13.4. The lowest BCUT2D eigenvalue weighted by Crippen LogP contribution is -2.11. The minimum atomic E-state index is -0.902. The van der Waals surface area contributed by atoms with Gasteiger partial charge in [0.05, 0.1) is 10.3 Å². The minimum Gasteiger partial charge on any atom is -0.305 e. The number of benzene rings is 1. The SMILES string of the molecule is CS/C(=C\c1ccc(F)c(F)c1)c1nc2sc3c(c2c(=O)[nH]1)CCC3. The number of halogens is 2. The minimum absolute atomic E-state index is 0.135. The summed E-state index contributed by atoms with van der Waals surface area (Å²) in [5.41, 5.74) is 1.51. The Morgan fingerprint density at radius 1 is 1.32 bits per heavy atom. The molecule has 7 heteroatoms. The fraction of sp³-hybridized carbons (Fsp3) is 0.222. The summed E-state index contributed by atoms with van der Waals surface area (Å²) in [6.07, 6.45) is 6.57. The van der Waals surface area contributed by atoms with E-state index >= 15 is 0 Å². The lowest BCUT2D eigenvalue weighted by molar-refractivity contribution is 0.508. The Bertz CT molecular complexity index is 1070. The van der Waals surface area contributed by atoms with Crippen LogP contribution in [0, 0.1) is 11.6 Å². The first-order valence-electron chi connectivity index (χ1n) is 7.82. The number of aryl methyl sites for hydroxylation is 2. The molecule has 1 aliphatic rings. The molecule has 0 fully saturated rings. The first kappa shape index (κ1) is 16.5. The van der Waals surface area contributed by atoms with Crippen molar-refractivity contribution < 1.29 is 8.78 Å². The van der Waals surface area contributed by atoms with Crippen LogP contribution in [0.5, 0.6) is 0 Å². The zero-order valence-electron chi connectivity index (χ0n) is 13.4. The summed E-state index contributed by atoms with van der Waals surface area (Å²) in [5.74, 6) is -1.33. The first-order chi connectivity index (χ1) is 12.1. The number of hydrogen-bond acceptors (Lipinski definition) is 4. The van der Waals surface area contributed by atoms with Crippen molar-refractivity contribution in [1.82, 2.24) is 9.97 Å². The van der Waals surface area contributed by atoms with Crippen molar-refractivity contribution in [1.29, 1.82) is 0 Å². The standard InChI is InChI=1S/C18H14F2N2OS2/c1-24-14(8-9-5-6-11(19)12(20)7-9)16-21-17(23)15-10-3-2-4-13(10)25-18(15)22-16/h5-8H,2-4H2,1H3,(H,21,22,23)/b14-8-. The molecule has 25 heavy (non-hydrogen) atoms. The summed E-state index contributed by atoms with van der Waals surface area (Å²) >= 11 is 2.97. The summed E-state index contributed by atoms with van der Waals surface area (Å²) < 4.78 is 26.5. The highest BCUT2D eigenvalue weighted by Crippen LogP contribution is 2.35. The van der Waals surface area contributed by atoms with E-state index in [1.165, 1.54) is 22.7 Å². The molecule has 1 aromatic carbocycles. The second kappa shape index (κ2) is 6.38. The van der Waals surface area contributed by atoms with Gasteiger partial charge in [-0.25, -0.2) is 13.8 Å². The van der Waals surface area contributed by atoms with Crippen molar-refractivity contribution >= 4 is 44.3 Å². The largest absolute Gasteiger partial charge is 0.305 e. The number of hydrogen-bond donors (Lipinski definition) is 1. The fourth-order valence-corrected chi connectivity index (χ4v) is 4.90. The molecule has 0 saturated carbocycles. The van der Waals surface area contributed by atoms with Crippen LogP contribution in [0.25, 0.3) is 21.2 Å². The van der Waals surface area contributed by atoms with Crippen LogP contribution in [0.3, 0.4) is 0 Å². The fourth-order valence-electron chi connectivity index (χ4n) is 3.10. The summed E-state index contributed by atoms with van der Waals surface area (Å²) in [6, 6.07) is 3.70. The zero-order valence-corrected chi connectivity index (χ0v) is 15.0. The maximum Gasteiger partial charge on any atom is 0.260 e. The van der Waals surface area contributed by atoms with E-state index in [1.54, 1.807) is 17.4 Å². The number of nitrogens with zero attached hydrogens (tertiary/aromatic N) is 1. The third-order valence-corrected chi connectivity index (χ3v) is 6.21. The van der Waals surface area contributed by atoms with Gasteiger partial charge < -0.3 is 4.98 Å². The molecule has 1 N–H and O–H groups in total. The smallest absolute Gasteiger partial charge is 0.260 e. The Labute approximate surface area is 150 Å². The van der Waals surface area contributed by atoms with Crippen LogP contribution < -0.4 is 5.56 Å². The Morgan fingerprint density at radius 2 is 2.16 bits per heavy atom. The van der Waals surface area contributed by atoms with Crippen molar-refractivity contribution in [2.45, 2.75) is 19.3 Å². The van der Waals surface area contributed by atoms with E-state index in [0.29, 0.717) is 21.7 Å². The number of H-pyrrole nitrogens is 1. The molecule has 0 saturated heterocycles. The van der Waals surface area contributed by atoms with Gasteiger partial charge >= 0.3 is 0 Å². The van der Waals surface area contributed by atoms with Gasteiger partial charge in [-0.15, -0.1) is 23.1 Å². The number of nitrogens with one attached hydrogen (secondary N) is 1. The molecule has 128 valence electrons. The molecular weight excluding hydrogens is 362 g/mol. The maximum atomic E-state index is 13.4. The Morgan fingerprint density at radius 3 is 2.92 bits per heavy atom. The molecule has 0 amide bonds. The molecule has 0 spiro atoms. The quantitative estimate of drug-likeness (QED) is 0.726. The van der Waals surface area contributed by atoms with Crippen molar-refractivity contribution in [2.24, 2.45) is 0 Å². The number of fused-ring (bicyclic) bond motifs is 3. The summed E-state index contributed by atoms with van der Waals surface area (Å²) in [5, 5.41) is 0.703. The van der Waals surface area contributed by atoms with Crippen LogP contribution in [-0.4, -0.2) is 16.2 Å². The predicted octanol–water partition coefficient (Wildman–Crippen LogP) is 4.61. The number of rotatable bonds is 3. The first-order valence-corrected chi connectivity index (χ1v) is 9.86. The van der Waals surface area contributed by atoms with Gasteiger partial charge in [0.1, 0.15) is 10.7 Å². The van der Waals surface area contributed by atoms with Crippen LogP contribution in [0.2, 0.25) is 0 Å². The molecule has 4 rings (SSSR count). The topological polar surface area (TPSA) is 45.8 Å². The van der Waals surface area contributed by atoms with Crippen LogP contribution in [0.1, 0.15) is 28.2 Å². The molecular formula is C18H14F2N2OS2. The van der Waals surface area contributed by atoms with Gasteiger partial charge in [-0.05, 0) is 54.9 Å². The lowest BCUT2D eigenvalue weighted by atomic mass is 10.2. The van der Waals surface area contributed by atoms with E-state index in [0.717, 1.165) is 41.8 Å². The Balaban J connectivity index is 1.82. The van der Waals surface area contributed by atoms with Gasteiger partial charge in [-0.1, -0.05) is 6.07 Å². The van der Waals surface area contributed by atoms with E-state index in [4.69, 9.17) is 0 Å². The third kappa shape index (κ3) is 2.91. The molecule has 0 unspecified atom stereocenters. The summed E-state index contributed by atoms with van der Waals surface area (Å²) in [4.78, 5) is 22.7. The second-order valence-corrected chi connectivity index (χ2v) is 7.77. The monoisotopic (exact) mass is 376 g/mol. The number of thiophene rings is 1. The molecule has 2 aromatic heterocycles. The van der Waals surface area contributed by atoms with E-state index in [1.807, 2.05) is 6.26 Å². The van der Waals surface area contributed by atoms with E-state index in [9.17, 15) is 13.6 Å². The third-order valence-electron chi connectivity index (χ3n) is 4.27. The van der Waals surface area contributed by atoms with Crippen LogP contribution >= 0.6 is 23.1 Å². The lowest BCUT2D eigenvalue weighted by Gasteiger charge is -2.05. The molecule has 2 heterocycles. The van der Waals surface area contributed by atoms with Crippen LogP contribution in [0.4, 0.5) is 8.78 Å². The van der Waals surface area contributed by atoms with Gasteiger partial charge in [0.25, 0.3) is 5.56 Å². The molecule has 3 aromatic rings. The number of thioether (sulfide) groups is 1. The molecule has 0 aliphatic heterocycles. The van der Waals surface area contributed by atoms with Crippen LogP contribution in [-0.2, 0) is 12.8 Å². The van der Waals surface area contributed by atoms with E-state index in [-0.39, 0.29) is 5.56 Å². The summed E-state index contributed by atoms with van der Waals surface area (Å²) in [6.45, 7) is 0. The Hall–Kier alpha value is -1.99. The number of aromatic nitrogens is 2. The van der Waals surface area contributed by atoms with Crippen LogP contribution in [0.15, 0.2) is 23.0 Å². The predicted molar refractivity (Wildman–Crippen MR) is 100 cm³/mol. The van der Waals surface area contributed by atoms with E-state index in [2.05, 4.69) is 9.97 Å². The second-order valence-electron chi connectivity index (χ2n) is 5.84. The van der Waals surface area contributed by atoms with Gasteiger partial charge in [-0.3, -0.25) is 4.79 Å². The highest BCUT2D eigenvalue weighted by Gasteiger charge is 2.21. The molecule has 0 radical (unpaired) electrons. The average molecular weight is 376 g/mol. The van der Waals surface area contributed by atoms with E-state index < -0.39 is 11.6 Å². The van der Waals surface area contributed by atoms with Crippen molar-refractivity contribution in [3.05, 3.63) is 62.0 Å². The van der Waals surface area contributed by atoms with Gasteiger partial charge in [0, 0.05) is 4.88 Å². The van der Waals surface area contributed by atoms with Gasteiger partial charge in [0.15, 0.2) is 11.6 Å². The van der Waals surface area contributed by atoms with Gasteiger partial charge in [-0.2, -0.15) is 0 Å². The van der Waals surface area contributed by atoms with Crippen molar-refractivity contribution in [3.8, 4) is 0 Å². The molecule has 1 aliphatic carbocycles. The Kier molecular flexibility index (Phi) is 4.21. The molecule has 0 bridgehead atoms. The average Bonchev–Trinajstić information content (AvgIpc) is 3.16. The zero-order chi connectivity index (χ0) is 17.6. The molecule has 3 nitrogen and oxygen atoms in total. The van der Waals surface area contributed by atoms with Crippen molar-refractivity contribution in [3.63, 3.8) is 0 Å². The normalized spacial score (nSPS) is 14.3. The molecule has 0 atom stereocenters. The van der Waals surface area contributed by atoms with Crippen molar-refractivity contribution in [2.75, 3.05) is 6.26 Å². The number of aromatic amines is 1.